The van der Waals surface area contributed by atoms with Crippen LogP contribution in [-0.2, 0) is 9.53 Å². The maximum Gasteiger partial charge on any atom is 0.250 e. The lowest BCUT2D eigenvalue weighted by molar-refractivity contribution is -0.134. The molecule has 2 atom stereocenters. The number of halogens is 1. The average molecular weight is 345 g/mol. The highest BCUT2D eigenvalue weighted by molar-refractivity contribution is 5.85. The number of morpholine rings is 1. The van der Waals surface area contributed by atoms with E-state index in [1.807, 2.05) is 32.0 Å². The zero-order valence-electron chi connectivity index (χ0n) is 13.5. The largest absolute Gasteiger partial charge is 0.491 e. The van der Waals surface area contributed by atoms with E-state index in [1.54, 1.807) is 6.07 Å². The summed E-state index contributed by atoms with van der Waals surface area (Å²) >= 11 is 0. The van der Waals surface area contributed by atoms with Crippen molar-refractivity contribution in [2.24, 2.45) is 0 Å². The summed E-state index contributed by atoms with van der Waals surface area (Å²) in [5.41, 5.74) is 0.709. The third-order valence-corrected chi connectivity index (χ3v) is 3.30. The quantitative estimate of drug-likeness (QED) is 0.718. The fourth-order valence-corrected chi connectivity index (χ4v) is 2.23. The first kappa shape index (κ1) is 19.7. The van der Waals surface area contributed by atoms with Gasteiger partial charge in [-0.15, -0.1) is 12.4 Å². The van der Waals surface area contributed by atoms with Crippen LogP contribution >= 0.6 is 12.4 Å². The van der Waals surface area contributed by atoms with Gasteiger partial charge in [-0.2, -0.15) is 0 Å². The Morgan fingerprint density at radius 1 is 1.52 bits per heavy atom. The molecule has 0 spiro atoms. The van der Waals surface area contributed by atoms with Crippen LogP contribution in [0.25, 0.3) is 0 Å². The summed E-state index contributed by atoms with van der Waals surface area (Å²) < 4.78 is 11.0. The molecule has 0 aliphatic carbocycles. The summed E-state index contributed by atoms with van der Waals surface area (Å²) in [6.45, 7) is 5.82. The minimum Gasteiger partial charge on any atom is -0.491 e. The zero-order chi connectivity index (χ0) is 15.9. The van der Waals surface area contributed by atoms with Crippen LogP contribution < -0.4 is 15.4 Å². The minimum atomic E-state index is -0.781. The molecule has 2 rings (SSSR count). The molecule has 0 radical (unpaired) electrons. The summed E-state index contributed by atoms with van der Waals surface area (Å²) in [7, 11) is 0. The number of aliphatic hydroxyl groups excluding tert-OH is 1. The van der Waals surface area contributed by atoms with Crippen molar-refractivity contribution in [1.82, 2.24) is 10.6 Å². The molecule has 1 aliphatic heterocycles. The van der Waals surface area contributed by atoms with Crippen LogP contribution in [0.1, 0.15) is 25.5 Å². The van der Waals surface area contributed by atoms with E-state index in [1.165, 1.54) is 0 Å². The van der Waals surface area contributed by atoms with Gasteiger partial charge < -0.3 is 25.2 Å². The van der Waals surface area contributed by atoms with Crippen molar-refractivity contribution < 1.29 is 19.4 Å². The first-order valence-corrected chi connectivity index (χ1v) is 7.61. The molecule has 1 amide bonds. The molecule has 7 heteroatoms. The number of hydrogen-bond donors (Lipinski definition) is 3. The van der Waals surface area contributed by atoms with E-state index in [9.17, 15) is 9.90 Å². The SMILES string of the molecule is CC(C)Oc1cccc(C(O)CNC(=O)C2CNCCO2)c1.Cl. The highest BCUT2D eigenvalue weighted by atomic mass is 35.5. The lowest BCUT2D eigenvalue weighted by Gasteiger charge is -2.23. The first-order valence-electron chi connectivity index (χ1n) is 7.61. The average Bonchev–Trinajstić information content (AvgIpc) is 2.52. The van der Waals surface area contributed by atoms with E-state index in [-0.39, 0.29) is 31.0 Å². The molecule has 130 valence electrons. The van der Waals surface area contributed by atoms with Gasteiger partial charge in [0.1, 0.15) is 11.9 Å². The monoisotopic (exact) mass is 344 g/mol. The predicted octanol–water partition coefficient (Wildman–Crippen LogP) is 1.03. The Balaban J connectivity index is 0.00000264. The molecule has 3 N–H and O–H groups in total. The van der Waals surface area contributed by atoms with Gasteiger partial charge in [0, 0.05) is 19.6 Å². The Bertz CT molecular complexity index is 493. The van der Waals surface area contributed by atoms with Gasteiger partial charge in [-0.25, -0.2) is 0 Å². The number of hydrogen-bond acceptors (Lipinski definition) is 5. The van der Waals surface area contributed by atoms with E-state index < -0.39 is 12.2 Å². The van der Waals surface area contributed by atoms with Gasteiger partial charge in [0.05, 0.1) is 18.8 Å². The molecule has 23 heavy (non-hydrogen) atoms. The molecule has 0 bridgehead atoms. The molecule has 2 unspecified atom stereocenters. The lowest BCUT2D eigenvalue weighted by Crippen LogP contribution is -2.48. The maximum atomic E-state index is 11.9. The van der Waals surface area contributed by atoms with Crippen LogP contribution in [-0.4, -0.2) is 49.5 Å². The molecule has 0 aromatic heterocycles. The molecular formula is C16H25ClN2O4. The summed E-state index contributed by atoms with van der Waals surface area (Å²) in [6.07, 6.45) is -1.20. The normalized spacial score (nSPS) is 18.9. The van der Waals surface area contributed by atoms with E-state index >= 15 is 0 Å². The minimum absolute atomic E-state index is 0. The maximum absolute atomic E-state index is 11.9. The van der Waals surface area contributed by atoms with E-state index in [0.29, 0.717) is 24.5 Å². The number of rotatable bonds is 6. The molecule has 6 nitrogen and oxygen atoms in total. The zero-order valence-corrected chi connectivity index (χ0v) is 14.3. The molecular weight excluding hydrogens is 320 g/mol. The Kier molecular flexibility index (Phi) is 8.33. The molecule has 0 saturated carbocycles. The van der Waals surface area contributed by atoms with Crippen molar-refractivity contribution in [1.29, 1.82) is 0 Å². The third kappa shape index (κ3) is 6.35. The molecule has 1 aromatic carbocycles. The number of amides is 1. The highest BCUT2D eigenvalue weighted by Crippen LogP contribution is 2.20. The number of carbonyl (C=O) groups excluding carboxylic acids is 1. The molecule has 1 aromatic rings. The van der Waals surface area contributed by atoms with Crippen LogP contribution in [0.3, 0.4) is 0 Å². The van der Waals surface area contributed by atoms with E-state index in [0.717, 1.165) is 6.54 Å². The van der Waals surface area contributed by atoms with Crippen molar-refractivity contribution in [3.05, 3.63) is 29.8 Å². The van der Waals surface area contributed by atoms with Crippen LogP contribution in [0.5, 0.6) is 5.75 Å². The Morgan fingerprint density at radius 3 is 2.96 bits per heavy atom. The summed E-state index contributed by atoms with van der Waals surface area (Å²) in [5, 5.41) is 16.0. The highest BCUT2D eigenvalue weighted by Gasteiger charge is 2.22. The van der Waals surface area contributed by atoms with Crippen molar-refractivity contribution in [3.8, 4) is 5.75 Å². The van der Waals surface area contributed by atoms with Gasteiger partial charge in [0.2, 0.25) is 0 Å². The van der Waals surface area contributed by atoms with Crippen molar-refractivity contribution in [2.45, 2.75) is 32.2 Å². The summed E-state index contributed by atoms with van der Waals surface area (Å²) in [5.74, 6) is 0.499. The van der Waals surface area contributed by atoms with Crippen molar-refractivity contribution in [3.63, 3.8) is 0 Å². The van der Waals surface area contributed by atoms with Gasteiger partial charge in [-0.1, -0.05) is 12.1 Å². The molecule has 1 heterocycles. The first-order chi connectivity index (χ1) is 10.6. The lowest BCUT2D eigenvalue weighted by atomic mass is 10.1. The van der Waals surface area contributed by atoms with Crippen LogP contribution in [0, 0.1) is 0 Å². The Hall–Kier alpha value is -1.34. The standard InChI is InChI=1S/C16H24N2O4.ClH/c1-11(2)22-13-5-3-4-12(8-13)14(19)9-18-16(20)15-10-17-6-7-21-15;/h3-5,8,11,14-15,17,19H,6-7,9-10H2,1-2H3,(H,18,20);1H. The number of ether oxygens (including phenoxy) is 2. The third-order valence-electron chi connectivity index (χ3n) is 3.30. The summed E-state index contributed by atoms with van der Waals surface area (Å²) in [6, 6.07) is 7.26. The van der Waals surface area contributed by atoms with Crippen LogP contribution in [0.15, 0.2) is 24.3 Å². The Morgan fingerprint density at radius 2 is 2.30 bits per heavy atom. The molecule has 1 fully saturated rings. The van der Waals surface area contributed by atoms with Gasteiger partial charge in [0.15, 0.2) is 0 Å². The molecule has 1 aliphatic rings. The van der Waals surface area contributed by atoms with Crippen molar-refractivity contribution >= 4 is 18.3 Å². The van der Waals surface area contributed by atoms with E-state index in [2.05, 4.69) is 10.6 Å². The van der Waals surface area contributed by atoms with Crippen molar-refractivity contribution in [2.75, 3.05) is 26.2 Å². The van der Waals surface area contributed by atoms with Crippen LogP contribution in [0.2, 0.25) is 0 Å². The van der Waals surface area contributed by atoms with Gasteiger partial charge >= 0.3 is 0 Å². The fraction of sp³-hybridized carbons (Fsp3) is 0.562. The smallest absolute Gasteiger partial charge is 0.250 e. The van der Waals surface area contributed by atoms with E-state index in [4.69, 9.17) is 9.47 Å². The number of aliphatic hydroxyl groups is 1. The topological polar surface area (TPSA) is 79.8 Å². The number of nitrogens with one attached hydrogen (secondary N) is 2. The second-order valence-corrected chi connectivity index (χ2v) is 5.56. The number of benzene rings is 1. The summed E-state index contributed by atoms with van der Waals surface area (Å²) in [4.78, 5) is 11.9. The van der Waals surface area contributed by atoms with Gasteiger partial charge in [-0.05, 0) is 31.5 Å². The predicted molar refractivity (Wildman–Crippen MR) is 90.0 cm³/mol. The second-order valence-electron chi connectivity index (χ2n) is 5.56. The fourth-order valence-electron chi connectivity index (χ4n) is 2.23. The van der Waals surface area contributed by atoms with Crippen LogP contribution in [0.4, 0.5) is 0 Å². The van der Waals surface area contributed by atoms with Gasteiger partial charge in [-0.3, -0.25) is 4.79 Å². The molecule has 1 saturated heterocycles. The second kappa shape index (κ2) is 9.72. The number of carbonyl (C=O) groups is 1. The van der Waals surface area contributed by atoms with Gasteiger partial charge in [0.25, 0.3) is 5.91 Å². The Labute approximate surface area is 143 Å².